The van der Waals surface area contributed by atoms with E-state index < -0.39 is 0 Å². The van der Waals surface area contributed by atoms with Crippen LogP contribution >= 0.6 is 0 Å². The van der Waals surface area contributed by atoms with Crippen LogP contribution in [0, 0.1) is 0 Å². The Balaban J connectivity index is 2.02. The maximum atomic E-state index is 9.46. The van der Waals surface area contributed by atoms with Crippen LogP contribution in [0.2, 0.25) is 0 Å². The summed E-state index contributed by atoms with van der Waals surface area (Å²) in [5.74, 6) is 0.799. The predicted molar refractivity (Wildman–Crippen MR) is 82.0 cm³/mol. The number of nitrogens with one attached hydrogen (secondary N) is 1. The van der Waals surface area contributed by atoms with Gasteiger partial charge in [-0.1, -0.05) is 0 Å². The average molecular weight is 280 g/mol. The fraction of sp³-hybridized carbons (Fsp3) is 0.250. The van der Waals surface area contributed by atoms with E-state index in [0.29, 0.717) is 5.82 Å². The zero-order chi connectivity index (χ0) is 14.4. The van der Waals surface area contributed by atoms with Gasteiger partial charge in [0.1, 0.15) is 5.75 Å². The van der Waals surface area contributed by atoms with Crippen molar-refractivity contribution in [1.29, 1.82) is 0 Å². The quantitative estimate of drug-likeness (QED) is 0.639. The minimum absolute atomic E-state index is 0.263. The molecule has 0 saturated carbocycles. The van der Waals surface area contributed by atoms with E-state index in [1.165, 1.54) is 24.0 Å². The van der Waals surface area contributed by atoms with Crippen molar-refractivity contribution < 1.29 is 5.11 Å². The maximum Gasteiger partial charge on any atom is 0.158 e. The summed E-state index contributed by atoms with van der Waals surface area (Å²) < 4.78 is 0. The first-order valence-electron chi connectivity index (χ1n) is 7.19. The van der Waals surface area contributed by atoms with Crippen LogP contribution in [0.25, 0.3) is 22.3 Å². The van der Waals surface area contributed by atoms with Crippen LogP contribution in [0.1, 0.15) is 24.0 Å². The van der Waals surface area contributed by atoms with Crippen LogP contribution in [0.3, 0.4) is 0 Å². The van der Waals surface area contributed by atoms with E-state index in [2.05, 4.69) is 10.2 Å². The zero-order valence-electron chi connectivity index (χ0n) is 11.6. The molecular weight excluding hydrogens is 264 g/mol. The van der Waals surface area contributed by atoms with Gasteiger partial charge in [0.05, 0.1) is 11.1 Å². The van der Waals surface area contributed by atoms with Crippen LogP contribution in [-0.2, 0) is 12.8 Å². The number of nitrogens with zero attached hydrogens (tertiary/aromatic N) is 2. The number of aromatic amines is 1. The lowest BCUT2D eigenvalue weighted by molar-refractivity contribution is 0.475. The van der Waals surface area contributed by atoms with E-state index in [-0.39, 0.29) is 5.75 Å². The van der Waals surface area contributed by atoms with Crippen molar-refractivity contribution in [2.75, 3.05) is 5.73 Å². The van der Waals surface area contributed by atoms with Crippen molar-refractivity contribution in [2.24, 2.45) is 0 Å². The van der Waals surface area contributed by atoms with E-state index in [1.54, 1.807) is 12.1 Å². The van der Waals surface area contributed by atoms with Gasteiger partial charge in [0.25, 0.3) is 0 Å². The Morgan fingerprint density at radius 2 is 1.76 bits per heavy atom. The Labute approximate surface area is 121 Å². The molecule has 0 bridgehead atoms. The fourth-order valence-electron chi connectivity index (χ4n) is 3.20. The number of phenols is 1. The smallest absolute Gasteiger partial charge is 0.158 e. The first kappa shape index (κ1) is 12.2. The summed E-state index contributed by atoms with van der Waals surface area (Å²) in [5, 5.41) is 17.5. The molecule has 21 heavy (non-hydrogen) atoms. The first-order valence-corrected chi connectivity index (χ1v) is 7.19. The second-order valence-electron chi connectivity index (χ2n) is 5.50. The maximum absolute atomic E-state index is 9.46. The number of fused-ring (bicyclic) bond motifs is 3. The molecule has 0 spiro atoms. The lowest BCUT2D eigenvalue weighted by atomic mass is 9.87. The van der Waals surface area contributed by atoms with E-state index in [9.17, 15) is 5.11 Å². The average Bonchev–Trinajstić information content (AvgIpc) is 2.89. The number of hydrogen-bond acceptors (Lipinski definition) is 4. The number of hydrogen-bond donors (Lipinski definition) is 3. The van der Waals surface area contributed by atoms with Crippen LogP contribution in [0.15, 0.2) is 24.3 Å². The molecule has 4 rings (SSSR count). The third-order valence-corrected chi connectivity index (χ3v) is 4.20. The molecular formula is C16H16N4O. The van der Waals surface area contributed by atoms with Gasteiger partial charge in [-0.25, -0.2) is 4.98 Å². The van der Waals surface area contributed by atoms with Gasteiger partial charge in [-0.15, -0.1) is 0 Å². The number of anilines is 1. The molecule has 5 heteroatoms. The van der Waals surface area contributed by atoms with E-state index in [4.69, 9.17) is 10.7 Å². The predicted octanol–water partition coefficient (Wildman–Crippen LogP) is 2.79. The van der Waals surface area contributed by atoms with Gasteiger partial charge in [0.2, 0.25) is 0 Å². The minimum Gasteiger partial charge on any atom is -0.508 e. The minimum atomic E-state index is 0.263. The zero-order valence-corrected chi connectivity index (χ0v) is 11.6. The SMILES string of the molecule is Nc1n[nH]c2nc(-c3ccc(O)cc3)c3c(c12)CCCC3. The Morgan fingerprint density at radius 3 is 2.52 bits per heavy atom. The van der Waals surface area contributed by atoms with Gasteiger partial charge in [-0.3, -0.25) is 5.10 Å². The summed E-state index contributed by atoms with van der Waals surface area (Å²) in [6, 6.07) is 7.19. The van der Waals surface area contributed by atoms with Gasteiger partial charge in [-0.2, -0.15) is 5.10 Å². The number of pyridine rings is 1. The lowest BCUT2D eigenvalue weighted by Crippen LogP contribution is -2.07. The molecule has 5 nitrogen and oxygen atoms in total. The standard InChI is InChI=1S/C16H16N4O/c17-15-13-11-3-1-2-4-12(11)14(18-16(13)20-19-15)9-5-7-10(21)8-6-9/h5-8,21H,1-4H2,(H3,17,18,19,20). The molecule has 1 aliphatic carbocycles. The highest BCUT2D eigenvalue weighted by Crippen LogP contribution is 2.36. The molecule has 0 saturated heterocycles. The number of aromatic nitrogens is 3. The summed E-state index contributed by atoms with van der Waals surface area (Å²) in [6.45, 7) is 0. The highest BCUT2D eigenvalue weighted by Gasteiger charge is 2.21. The molecule has 3 aromatic rings. The Kier molecular flexibility index (Phi) is 2.60. The number of aryl methyl sites for hydroxylation is 1. The molecule has 0 amide bonds. The van der Waals surface area contributed by atoms with Gasteiger partial charge < -0.3 is 10.8 Å². The lowest BCUT2D eigenvalue weighted by Gasteiger charge is -2.20. The second-order valence-corrected chi connectivity index (χ2v) is 5.50. The van der Waals surface area contributed by atoms with Gasteiger partial charge in [0, 0.05) is 5.56 Å². The van der Waals surface area contributed by atoms with Crippen LogP contribution in [0.4, 0.5) is 5.82 Å². The molecule has 0 atom stereocenters. The number of phenolic OH excluding ortho intramolecular Hbond substituents is 1. The number of rotatable bonds is 1. The van der Waals surface area contributed by atoms with Crippen molar-refractivity contribution in [2.45, 2.75) is 25.7 Å². The number of nitrogens with two attached hydrogens (primary N) is 1. The molecule has 0 unspecified atom stereocenters. The monoisotopic (exact) mass is 280 g/mol. The molecule has 1 aromatic carbocycles. The van der Waals surface area contributed by atoms with Crippen LogP contribution in [-0.4, -0.2) is 20.3 Å². The largest absolute Gasteiger partial charge is 0.508 e. The second kappa shape index (κ2) is 4.48. The Bertz CT molecular complexity index is 820. The molecule has 0 fully saturated rings. The summed E-state index contributed by atoms with van der Waals surface area (Å²) in [5.41, 5.74) is 11.3. The molecule has 2 heterocycles. The topological polar surface area (TPSA) is 87.8 Å². The van der Waals surface area contributed by atoms with Gasteiger partial charge >= 0.3 is 0 Å². The summed E-state index contributed by atoms with van der Waals surface area (Å²) in [4.78, 5) is 4.73. The third kappa shape index (κ3) is 1.85. The molecule has 4 N–H and O–H groups in total. The van der Waals surface area contributed by atoms with Crippen molar-refractivity contribution >= 4 is 16.9 Å². The molecule has 2 aromatic heterocycles. The number of benzene rings is 1. The van der Waals surface area contributed by atoms with Crippen molar-refractivity contribution in [1.82, 2.24) is 15.2 Å². The summed E-state index contributed by atoms with van der Waals surface area (Å²) in [7, 11) is 0. The van der Waals surface area contributed by atoms with Gasteiger partial charge in [-0.05, 0) is 61.1 Å². The van der Waals surface area contributed by atoms with E-state index >= 15 is 0 Å². The molecule has 0 aliphatic heterocycles. The van der Waals surface area contributed by atoms with E-state index in [0.717, 1.165) is 35.1 Å². The Morgan fingerprint density at radius 1 is 1.05 bits per heavy atom. The number of H-pyrrole nitrogens is 1. The Hall–Kier alpha value is -2.56. The molecule has 1 aliphatic rings. The third-order valence-electron chi connectivity index (χ3n) is 4.20. The highest BCUT2D eigenvalue weighted by atomic mass is 16.3. The summed E-state index contributed by atoms with van der Waals surface area (Å²) in [6.07, 6.45) is 4.37. The normalized spacial score (nSPS) is 14.3. The van der Waals surface area contributed by atoms with Crippen molar-refractivity contribution in [3.63, 3.8) is 0 Å². The van der Waals surface area contributed by atoms with Crippen molar-refractivity contribution in [3.8, 4) is 17.0 Å². The molecule has 106 valence electrons. The number of nitrogen functional groups attached to an aromatic ring is 1. The van der Waals surface area contributed by atoms with Gasteiger partial charge in [0.15, 0.2) is 11.5 Å². The highest BCUT2D eigenvalue weighted by molar-refractivity contribution is 5.93. The van der Waals surface area contributed by atoms with Crippen molar-refractivity contribution in [3.05, 3.63) is 35.4 Å². The van der Waals surface area contributed by atoms with Crippen LogP contribution in [0.5, 0.6) is 5.75 Å². The summed E-state index contributed by atoms with van der Waals surface area (Å²) >= 11 is 0. The van der Waals surface area contributed by atoms with Crippen LogP contribution < -0.4 is 5.73 Å². The fourth-order valence-corrected chi connectivity index (χ4v) is 3.20. The van der Waals surface area contributed by atoms with E-state index in [1.807, 2.05) is 12.1 Å². The molecule has 0 radical (unpaired) electrons. The first-order chi connectivity index (χ1) is 10.2. The number of aromatic hydroxyl groups is 1.